The lowest BCUT2D eigenvalue weighted by molar-refractivity contribution is 0.299. The van der Waals surface area contributed by atoms with Crippen LogP contribution in [0, 0.1) is 11.8 Å². The van der Waals surface area contributed by atoms with E-state index in [9.17, 15) is 0 Å². The van der Waals surface area contributed by atoms with Gasteiger partial charge in [-0.2, -0.15) is 0 Å². The minimum absolute atomic E-state index is 0.783. The normalized spacial score (nSPS) is 39.0. The van der Waals surface area contributed by atoms with E-state index >= 15 is 0 Å². The largest absolute Gasteiger partial charge is 0.314 e. The molecule has 64 valence electrons. The predicted molar refractivity (Wildman–Crippen MR) is 47.5 cm³/mol. The summed E-state index contributed by atoms with van der Waals surface area (Å²) < 4.78 is 0. The van der Waals surface area contributed by atoms with Gasteiger partial charge in [-0.1, -0.05) is 12.8 Å². The minimum Gasteiger partial charge on any atom is -0.314 e. The van der Waals surface area contributed by atoms with Crippen LogP contribution in [0.3, 0.4) is 0 Å². The fraction of sp³-hybridized carbons (Fsp3) is 1.00. The summed E-state index contributed by atoms with van der Waals surface area (Å²) in [5, 5.41) is 3.57. The van der Waals surface area contributed by atoms with Crippen LogP contribution in [0.5, 0.6) is 0 Å². The Labute approximate surface area is 69.6 Å². The first-order valence-electron chi connectivity index (χ1n) is 5.08. The topological polar surface area (TPSA) is 12.0 Å². The van der Waals surface area contributed by atoms with Gasteiger partial charge in [-0.25, -0.2) is 0 Å². The molecule has 2 rings (SSSR count). The molecule has 0 aromatic carbocycles. The van der Waals surface area contributed by atoms with Crippen LogP contribution in [-0.4, -0.2) is 12.6 Å². The van der Waals surface area contributed by atoms with Crippen LogP contribution >= 0.6 is 0 Å². The van der Waals surface area contributed by atoms with Crippen molar-refractivity contribution in [1.82, 2.24) is 5.32 Å². The highest BCUT2D eigenvalue weighted by molar-refractivity contribution is 4.81. The first-order valence-corrected chi connectivity index (χ1v) is 5.08. The third-order valence-electron chi connectivity index (χ3n) is 3.13. The van der Waals surface area contributed by atoms with Gasteiger partial charge in [0.05, 0.1) is 0 Å². The first-order chi connectivity index (χ1) is 5.34. The third kappa shape index (κ3) is 2.19. The summed E-state index contributed by atoms with van der Waals surface area (Å²) >= 11 is 0. The average Bonchev–Trinajstić information content (AvgIpc) is 2.78. The lowest BCUT2D eigenvalue weighted by Crippen LogP contribution is -2.36. The van der Waals surface area contributed by atoms with Crippen molar-refractivity contribution in [1.29, 1.82) is 0 Å². The SMILES string of the molecule is CC1CCC(CC2CC2)CN1. The Bertz CT molecular complexity index is 121. The second-order valence-corrected chi connectivity index (χ2v) is 4.43. The van der Waals surface area contributed by atoms with E-state index in [4.69, 9.17) is 0 Å². The maximum atomic E-state index is 3.57. The van der Waals surface area contributed by atoms with Gasteiger partial charge in [-0.3, -0.25) is 0 Å². The van der Waals surface area contributed by atoms with E-state index in [1.807, 2.05) is 0 Å². The van der Waals surface area contributed by atoms with Crippen LogP contribution in [-0.2, 0) is 0 Å². The monoisotopic (exact) mass is 153 g/mol. The molecular formula is C10H19N. The van der Waals surface area contributed by atoms with Crippen molar-refractivity contribution in [3.8, 4) is 0 Å². The summed E-state index contributed by atoms with van der Waals surface area (Å²) in [5.41, 5.74) is 0. The highest BCUT2D eigenvalue weighted by Gasteiger charge is 2.27. The van der Waals surface area contributed by atoms with Crippen molar-refractivity contribution >= 4 is 0 Å². The molecule has 2 unspecified atom stereocenters. The lowest BCUT2D eigenvalue weighted by Gasteiger charge is -2.27. The second-order valence-electron chi connectivity index (χ2n) is 4.43. The van der Waals surface area contributed by atoms with Crippen molar-refractivity contribution < 1.29 is 0 Å². The van der Waals surface area contributed by atoms with Crippen molar-refractivity contribution in [3.63, 3.8) is 0 Å². The van der Waals surface area contributed by atoms with Crippen LogP contribution in [0.4, 0.5) is 0 Å². The molecule has 0 radical (unpaired) electrons. The van der Waals surface area contributed by atoms with Crippen molar-refractivity contribution in [3.05, 3.63) is 0 Å². The van der Waals surface area contributed by atoms with Gasteiger partial charge < -0.3 is 5.32 Å². The molecule has 0 spiro atoms. The Balaban J connectivity index is 1.69. The smallest absolute Gasteiger partial charge is 0.00389 e. The maximum absolute atomic E-state index is 3.57. The zero-order valence-electron chi connectivity index (χ0n) is 7.47. The van der Waals surface area contributed by atoms with E-state index in [0.717, 1.165) is 17.9 Å². The van der Waals surface area contributed by atoms with Gasteiger partial charge in [0.15, 0.2) is 0 Å². The Morgan fingerprint density at radius 3 is 2.36 bits per heavy atom. The van der Waals surface area contributed by atoms with Crippen molar-refractivity contribution in [2.24, 2.45) is 11.8 Å². The van der Waals surface area contributed by atoms with Gasteiger partial charge in [-0.15, -0.1) is 0 Å². The zero-order chi connectivity index (χ0) is 7.68. The highest BCUT2D eigenvalue weighted by Crippen LogP contribution is 2.37. The molecule has 2 atom stereocenters. The van der Waals surface area contributed by atoms with Gasteiger partial charge >= 0.3 is 0 Å². The fourth-order valence-electron chi connectivity index (χ4n) is 2.08. The van der Waals surface area contributed by atoms with E-state index in [-0.39, 0.29) is 0 Å². The molecule has 1 heterocycles. The summed E-state index contributed by atoms with van der Waals surface area (Å²) in [6, 6.07) is 0.783. The third-order valence-corrected chi connectivity index (χ3v) is 3.13. The zero-order valence-corrected chi connectivity index (χ0v) is 7.47. The van der Waals surface area contributed by atoms with Crippen LogP contribution < -0.4 is 5.32 Å². The Morgan fingerprint density at radius 2 is 1.82 bits per heavy atom. The van der Waals surface area contributed by atoms with E-state index in [2.05, 4.69) is 12.2 Å². The predicted octanol–water partition coefficient (Wildman–Crippen LogP) is 2.17. The molecule has 1 aliphatic carbocycles. The number of hydrogen-bond acceptors (Lipinski definition) is 1. The van der Waals surface area contributed by atoms with Gasteiger partial charge in [0, 0.05) is 6.04 Å². The van der Waals surface area contributed by atoms with Gasteiger partial charge in [0.25, 0.3) is 0 Å². The standard InChI is InChI=1S/C10H19N/c1-8-2-3-10(7-11-8)6-9-4-5-9/h8-11H,2-7H2,1H3. The molecule has 1 N–H and O–H groups in total. The molecule has 0 bridgehead atoms. The van der Waals surface area contributed by atoms with Crippen molar-refractivity contribution in [2.45, 2.75) is 45.1 Å². The number of hydrogen-bond donors (Lipinski definition) is 1. The van der Waals surface area contributed by atoms with Gasteiger partial charge in [0.2, 0.25) is 0 Å². The summed E-state index contributed by atoms with van der Waals surface area (Å²) in [7, 11) is 0. The van der Waals surface area contributed by atoms with E-state index in [1.54, 1.807) is 0 Å². The van der Waals surface area contributed by atoms with E-state index in [1.165, 1.54) is 38.6 Å². The molecule has 0 aromatic rings. The quantitative estimate of drug-likeness (QED) is 0.641. The van der Waals surface area contributed by atoms with Gasteiger partial charge in [-0.05, 0) is 44.6 Å². The summed E-state index contributed by atoms with van der Waals surface area (Å²) in [5.74, 6) is 2.13. The summed E-state index contributed by atoms with van der Waals surface area (Å²) in [6.07, 6.45) is 7.43. The van der Waals surface area contributed by atoms with Gasteiger partial charge in [0.1, 0.15) is 0 Å². The molecule has 2 fully saturated rings. The first kappa shape index (κ1) is 7.60. The van der Waals surface area contributed by atoms with Crippen molar-refractivity contribution in [2.75, 3.05) is 6.54 Å². The molecule has 0 aromatic heterocycles. The maximum Gasteiger partial charge on any atom is 0.00389 e. The molecule has 2 aliphatic rings. The number of nitrogens with one attached hydrogen (secondary N) is 1. The van der Waals surface area contributed by atoms with Crippen LogP contribution in [0.1, 0.15) is 39.0 Å². The lowest BCUT2D eigenvalue weighted by atomic mass is 9.91. The van der Waals surface area contributed by atoms with Crippen LogP contribution in [0.15, 0.2) is 0 Å². The molecule has 1 saturated heterocycles. The van der Waals surface area contributed by atoms with Crippen LogP contribution in [0.25, 0.3) is 0 Å². The summed E-state index contributed by atoms with van der Waals surface area (Å²) in [4.78, 5) is 0. The molecular weight excluding hydrogens is 134 g/mol. The van der Waals surface area contributed by atoms with Crippen LogP contribution in [0.2, 0.25) is 0 Å². The highest BCUT2D eigenvalue weighted by atomic mass is 14.9. The second kappa shape index (κ2) is 3.14. The Morgan fingerprint density at radius 1 is 1.09 bits per heavy atom. The molecule has 1 heteroatoms. The minimum atomic E-state index is 0.783. The molecule has 0 amide bonds. The Hall–Kier alpha value is -0.0400. The average molecular weight is 153 g/mol. The van der Waals surface area contributed by atoms with E-state index < -0.39 is 0 Å². The Kier molecular flexibility index (Phi) is 2.17. The summed E-state index contributed by atoms with van der Waals surface area (Å²) in [6.45, 7) is 3.59. The molecule has 1 nitrogen and oxygen atoms in total. The number of piperidine rings is 1. The number of rotatable bonds is 2. The fourth-order valence-corrected chi connectivity index (χ4v) is 2.08. The molecule has 11 heavy (non-hydrogen) atoms. The molecule has 1 saturated carbocycles. The van der Waals surface area contributed by atoms with E-state index in [0.29, 0.717) is 0 Å². The molecule has 1 aliphatic heterocycles.